The summed E-state index contributed by atoms with van der Waals surface area (Å²) in [4.78, 5) is 25.1. The molecule has 0 aliphatic heterocycles. The van der Waals surface area contributed by atoms with Crippen molar-refractivity contribution in [3.05, 3.63) is 59.0 Å². The third-order valence-corrected chi connectivity index (χ3v) is 4.04. The van der Waals surface area contributed by atoms with Crippen LogP contribution in [0.15, 0.2) is 41.0 Å². The predicted octanol–water partition coefficient (Wildman–Crippen LogP) is 4.45. The Morgan fingerprint density at radius 1 is 1.08 bits per heavy atom. The van der Waals surface area contributed by atoms with Gasteiger partial charge in [-0.25, -0.2) is 0 Å². The molecule has 140 valence electrons. The smallest absolute Gasteiger partial charge is 0.406 e. The van der Waals surface area contributed by atoms with Crippen LogP contribution in [0.3, 0.4) is 0 Å². The fourth-order valence-electron chi connectivity index (χ4n) is 2.48. The average molecular weight is 367 g/mol. The highest BCUT2D eigenvalue weighted by molar-refractivity contribution is 5.98. The molecule has 0 bridgehead atoms. The molecule has 0 fully saturated rings. The number of ketones is 1. The highest BCUT2D eigenvalue weighted by Crippen LogP contribution is 2.20. The van der Waals surface area contributed by atoms with Crippen LogP contribution < -0.4 is 0 Å². The first-order valence-electron chi connectivity index (χ1n) is 8.13. The molecule has 0 spiro atoms. The summed E-state index contributed by atoms with van der Waals surface area (Å²) in [5.74, 6) is -0.759. The molecule has 0 saturated carbocycles. The minimum absolute atomic E-state index is 0.145. The molecule has 0 N–H and O–H groups in total. The van der Waals surface area contributed by atoms with E-state index in [2.05, 4.69) is 0 Å². The first-order chi connectivity index (χ1) is 12.2. The molecule has 4 nitrogen and oxygen atoms in total. The standard InChI is InChI=1S/C19H20F3NO3/c1-13-5-6-15(10-14(13)2)17(24)7-8-18(25)23(12-19(20,21)22)11-16-4-3-9-26-16/h3-6,9-10H,7-8,11-12H2,1-2H3. The van der Waals surface area contributed by atoms with Gasteiger partial charge in [-0.05, 0) is 43.2 Å². The van der Waals surface area contributed by atoms with Crippen molar-refractivity contribution in [2.75, 3.05) is 6.54 Å². The van der Waals surface area contributed by atoms with Crippen LogP contribution in [0.25, 0.3) is 0 Å². The van der Waals surface area contributed by atoms with Gasteiger partial charge in [0, 0.05) is 18.4 Å². The van der Waals surface area contributed by atoms with Gasteiger partial charge >= 0.3 is 6.18 Å². The largest absolute Gasteiger partial charge is 0.467 e. The van der Waals surface area contributed by atoms with Gasteiger partial charge in [-0.15, -0.1) is 0 Å². The molecule has 0 saturated heterocycles. The number of hydrogen-bond acceptors (Lipinski definition) is 3. The van der Waals surface area contributed by atoms with Gasteiger partial charge in [0.15, 0.2) is 5.78 Å². The van der Waals surface area contributed by atoms with Crippen LogP contribution in [0.4, 0.5) is 13.2 Å². The Labute approximate surface area is 149 Å². The van der Waals surface area contributed by atoms with E-state index < -0.39 is 18.6 Å². The summed E-state index contributed by atoms with van der Waals surface area (Å²) in [6, 6.07) is 8.22. The Kier molecular flexibility index (Phi) is 6.23. The summed E-state index contributed by atoms with van der Waals surface area (Å²) in [5, 5.41) is 0. The monoisotopic (exact) mass is 367 g/mol. The molecule has 0 radical (unpaired) electrons. The fourth-order valence-corrected chi connectivity index (χ4v) is 2.48. The van der Waals surface area contributed by atoms with Gasteiger partial charge in [0.05, 0.1) is 12.8 Å². The number of halogens is 3. The van der Waals surface area contributed by atoms with E-state index in [1.54, 1.807) is 18.2 Å². The second-order valence-corrected chi connectivity index (χ2v) is 6.17. The molecule has 2 aromatic rings. The molecule has 0 atom stereocenters. The zero-order valence-corrected chi connectivity index (χ0v) is 14.6. The number of hydrogen-bond donors (Lipinski definition) is 0. The molecule has 7 heteroatoms. The Bertz CT molecular complexity index is 767. The zero-order chi connectivity index (χ0) is 19.3. The van der Waals surface area contributed by atoms with Crippen molar-refractivity contribution in [3.63, 3.8) is 0 Å². The Hall–Kier alpha value is -2.57. The SMILES string of the molecule is Cc1ccc(C(=O)CCC(=O)N(Cc2ccco2)CC(F)(F)F)cc1C. The highest BCUT2D eigenvalue weighted by Gasteiger charge is 2.33. The average Bonchev–Trinajstić information content (AvgIpc) is 3.06. The lowest BCUT2D eigenvalue weighted by molar-refractivity contribution is -0.162. The maximum Gasteiger partial charge on any atom is 0.406 e. The first kappa shape index (κ1) is 19.8. The molecule has 1 heterocycles. The van der Waals surface area contributed by atoms with Crippen LogP contribution in [0.1, 0.15) is 40.1 Å². The number of aryl methyl sites for hydroxylation is 2. The van der Waals surface area contributed by atoms with Crippen LogP contribution in [0.5, 0.6) is 0 Å². The quantitative estimate of drug-likeness (QED) is 0.680. The van der Waals surface area contributed by atoms with Crippen LogP contribution in [-0.2, 0) is 11.3 Å². The summed E-state index contributed by atoms with van der Waals surface area (Å²) >= 11 is 0. The van der Waals surface area contributed by atoms with E-state index in [0.717, 1.165) is 11.1 Å². The van der Waals surface area contributed by atoms with Crippen molar-refractivity contribution in [1.82, 2.24) is 4.90 Å². The van der Waals surface area contributed by atoms with Crippen molar-refractivity contribution >= 4 is 11.7 Å². The Morgan fingerprint density at radius 3 is 2.38 bits per heavy atom. The van der Waals surface area contributed by atoms with Crippen LogP contribution in [-0.4, -0.2) is 29.3 Å². The lowest BCUT2D eigenvalue weighted by Crippen LogP contribution is -2.38. The minimum Gasteiger partial charge on any atom is -0.467 e. The lowest BCUT2D eigenvalue weighted by atomic mass is 10.0. The summed E-state index contributed by atoms with van der Waals surface area (Å²) in [6.45, 7) is 2.11. The molecule has 1 aromatic carbocycles. The molecule has 0 aliphatic carbocycles. The topological polar surface area (TPSA) is 50.5 Å². The van der Waals surface area contributed by atoms with Gasteiger partial charge in [0.2, 0.25) is 5.91 Å². The molecule has 26 heavy (non-hydrogen) atoms. The summed E-state index contributed by atoms with van der Waals surface area (Å²) in [7, 11) is 0. The Morgan fingerprint density at radius 2 is 1.81 bits per heavy atom. The molecule has 0 aliphatic rings. The number of nitrogens with zero attached hydrogens (tertiary/aromatic N) is 1. The number of Topliss-reactive ketones (excluding diaryl/α,β-unsaturated/α-hetero) is 1. The normalized spacial score (nSPS) is 11.4. The van der Waals surface area contributed by atoms with Gasteiger partial charge in [0.25, 0.3) is 0 Å². The second-order valence-electron chi connectivity index (χ2n) is 6.17. The number of carbonyl (C=O) groups is 2. The van der Waals surface area contributed by atoms with E-state index in [9.17, 15) is 22.8 Å². The van der Waals surface area contributed by atoms with Crippen molar-refractivity contribution in [2.45, 2.75) is 39.4 Å². The molecular formula is C19H20F3NO3. The maximum atomic E-state index is 12.7. The van der Waals surface area contributed by atoms with E-state index in [1.165, 1.54) is 18.4 Å². The van der Waals surface area contributed by atoms with E-state index in [-0.39, 0.29) is 30.9 Å². The molecule has 1 aromatic heterocycles. The third kappa shape index (κ3) is 5.75. The summed E-state index contributed by atoms with van der Waals surface area (Å²) in [6.07, 6.45) is -3.63. The molecule has 2 rings (SSSR count). The maximum absolute atomic E-state index is 12.7. The molecule has 1 amide bonds. The highest BCUT2D eigenvalue weighted by atomic mass is 19.4. The van der Waals surface area contributed by atoms with Crippen LogP contribution >= 0.6 is 0 Å². The van der Waals surface area contributed by atoms with Crippen molar-refractivity contribution < 1.29 is 27.2 Å². The number of rotatable bonds is 7. The van der Waals surface area contributed by atoms with Crippen LogP contribution in [0.2, 0.25) is 0 Å². The van der Waals surface area contributed by atoms with Gasteiger partial charge in [-0.1, -0.05) is 12.1 Å². The fraction of sp³-hybridized carbons (Fsp3) is 0.368. The second kappa shape index (κ2) is 8.21. The number of benzene rings is 1. The lowest BCUT2D eigenvalue weighted by Gasteiger charge is -2.23. The number of amides is 1. The van der Waals surface area contributed by atoms with Gasteiger partial charge < -0.3 is 9.32 Å². The summed E-state index contributed by atoms with van der Waals surface area (Å²) < 4.78 is 43.3. The number of carbonyl (C=O) groups excluding carboxylic acids is 2. The van der Waals surface area contributed by atoms with Crippen molar-refractivity contribution in [3.8, 4) is 0 Å². The van der Waals surface area contributed by atoms with Crippen molar-refractivity contribution in [1.29, 1.82) is 0 Å². The zero-order valence-electron chi connectivity index (χ0n) is 14.6. The predicted molar refractivity (Wildman–Crippen MR) is 89.7 cm³/mol. The first-order valence-corrected chi connectivity index (χ1v) is 8.13. The van der Waals surface area contributed by atoms with Gasteiger partial charge in [-0.3, -0.25) is 9.59 Å². The van der Waals surface area contributed by atoms with Crippen LogP contribution in [0, 0.1) is 13.8 Å². The summed E-state index contributed by atoms with van der Waals surface area (Å²) in [5.41, 5.74) is 2.43. The van der Waals surface area contributed by atoms with E-state index in [0.29, 0.717) is 10.5 Å². The molecule has 0 unspecified atom stereocenters. The van der Waals surface area contributed by atoms with Gasteiger partial charge in [0.1, 0.15) is 12.3 Å². The number of alkyl halides is 3. The third-order valence-electron chi connectivity index (χ3n) is 4.04. The van der Waals surface area contributed by atoms with Crippen molar-refractivity contribution in [2.24, 2.45) is 0 Å². The minimum atomic E-state index is -4.53. The Balaban J connectivity index is 2.01. The number of furan rings is 1. The van der Waals surface area contributed by atoms with Gasteiger partial charge in [-0.2, -0.15) is 13.2 Å². The van der Waals surface area contributed by atoms with E-state index in [1.807, 2.05) is 13.8 Å². The van der Waals surface area contributed by atoms with E-state index in [4.69, 9.17) is 4.42 Å². The molecular weight excluding hydrogens is 347 g/mol. The van der Waals surface area contributed by atoms with E-state index >= 15 is 0 Å².